The van der Waals surface area contributed by atoms with E-state index in [-0.39, 0.29) is 0 Å². The number of alkyl halides is 1. The minimum atomic E-state index is -1.76. The molecule has 0 nitrogen and oxygen atoms in total. The number of rotatable bonds is 8. The molecule has 6 aliphatic rings. The Morgan fingerprint density at radius 2 is 0.425 bits per heavy atom. The van der Waals surface area contributed by atoms with Gasteiger partial charge >= 0.3 is 258 Å². The van der Waals surface area contributed by atoms with Crippen LogP contribution in [0.3, 0.4) is 0 Å². The van der Waals surface area contributed by atoms with Crippen molar-refractivity contribution >= 4 is 26.1 Å². The normalized spacial score (nSPS) is 30.7. The third-order valence-electron chi connectivity index (χ3n) is 14.8. The van der Waals surface area contributed by atoms with Gasteiger partial charge in [-0.05, 0) is 0 Å². The second-order valence-electron chi connectivity index (χ2n) is 16.4. The number of halogens is 1. The summed E-state index contributed by atoms with van der Waals surface area (Å²) in [7, 11) is -3.51. The molecule has 0 bridgehead atoms. The molecular weight excluding hydrogens is 542 g/mol. The third-order valence-corrected chi connectivity index (χ3v) is 33.7. The fourth-order valence-corrected chi connectivity index (χ4v) is 39.1. The molecule has 0 N–H and O–H groups in total. The standard InChI is InChI=1S/C37H69ClP2/c38-37(39(31-19-7-1-8-20-31,32-21-9-2-10-22-32)33-23-11-3-12-24-33)40(34-25-13-4-14-26-34,35-27-15-5-16-28-35)36-29-17-6-18-30-36/h31-37,39-40H,1-30H2. The van der Waals surface area contributed by atoms with Crippen LogP contribution in [-0.4, -0.2) is 38.8 Å². The van der Waals surface area contributed by atoms with E-state index in [0.29, 0.717) is 0 Å². The molecule has 234 valence electrons. The van der Waals surface area contributed by atoms with Crippen molar-refractivity contribution in [3.63, 3.8) is 0 Å². The Labute approximate surface area is 256 Å². The number of hydrogen-bond acceptors (Lipinski definition) is 0. The van der Waals surface area contributed by atoms with Gasteiger partial charge in [0.15, 0.2) is 0 Å². The summed E-state index contributed by atoms with van der Waals surface area (Å²) < 4.78 is 0. The SMILES string of the molecule is ClC([PH](C1CCCCC1)(C1CCCCC1)C1CCCCC1)[PH](C1CCCCC1)(C1CCCCC1)C1CCCCC1. The Bertz CT molecular complexity index is 578. The van der Waals surface area contributed by atoms with E-state index in [2.05, 4.69) is 0 Å². The van der Waals surface area contributed by atoms with Crippen molar-refractivity contribution in [2.24, 2.45) is 0 Å². The van der Waals surface area contributed by atoms with E-state index in [0.717, 1.165) is 38.8 Å². The van der Waals surface area contributed by atoms with E-state index in [1.54, 1.807) is 154 Å². The molecule has 0 aromatic rings. The second-order valence-corrected chi connectivity index (χ2v) is 28.2. The minimum absolute atomic E-state index is 0.726. The molecule has 6 saturated carbocycles. The van der Waals surface area contributed by atoms with E-state index >= 15 is 0 Å². The van der Waals surface area contributed by atoms with Crippen molar-refractivity contribution in [3.05, 3.63) is 0 Å². The summed E-state index contributed by atoms with van der Waals surface area (Å²) in [4.78, 5) is 0.726. The zero-order valence-electron chi connectivity index (χ0n) is 26.6. The Hall–Kier alpha value is 1.15. The van der Waals surface area contributed by atoms with E-state index in [1.165, 1.54) is 38.5 Å². The third kappa shape index (κ3) is 6.04. The monoisotopic (exact) mass is 610 g/mol. The zero-order chi connectivity index (χ0) is 27.3. The van der Waals surface area contributed by atoms with Crippen LogP contribution in [0.2, 0.25) is 0 Å². The predicted molar refractivity (Wildman–Crippen MR) is 188 cm³/mol. The Kier molecular flexibility index (Phi) is 11.6. The molecule has 6 fully saturated rings. The average Bonchev–Trinajstić information content (AvgIpc) is 3.05. The van der Waals surface area contributed by atoms with Gasteiger partial charge in [-0.1, -0.05) is 0 Å². The Morgan fingerprint density at radius 3 is 0.575 bits per heavy atom. The van der Waals surface area contributed by atoms with Gasteiger partial charge in [0, 0.05) is 0 Å². The van der Waals surface area contributed by atoms with E-state index in [4.69, 9.17) is 11.6 Å². The molecule has 6 aliphatic carbocycles. The summed E-state index contributed by atoms with van der Waals surface area (Å²) in [6.45, 7) is 0. The topological polar surface area (TPSA) is 0 Å². The summed E-state index contributed by atoms with van der Waals surface area (Å²) in [6, 6.07) is 0. The first-order valence-electron chi connectivity index (χ1n) is 19.4. The maximum absolute atomic E-state index is 9.05. The van der Waals surface area contributed by atoms with Crippen LogP contribution in [0, 0.1) is 0 Å². The van der Waals surface area contributed by atoms with Crippen LogP contribution in [0.15, 0.2) is 0 Å². The van der Waals surface area contributed by atoms with Gasteiger partial charge in [0.2, 0.25) is 0 Å². The summed E-state index contributed by atoms with van der Waals surface area (Å²) in [5, 5.41) is 0. The summed E-state index contributed by atoms with van der Waals surface area (Å²) >= 11 is 9.05. The van der Waals surface area contributed by atoms with Crippen LogP contribution >= 0.6 is 26.1 Å². The fraction of sp³-hybridized carbons (Fsp3) is 1.00. The van der Waals surface area contributed by atoms with Crippen LogP contribution in [0.25, 0.3) is 0 Å². The summed E-state index contributed by atoms with van der Waals surface area (Å²) in [5.41, 5.74) is 6.57. The average molecular weight is 611 g/mol. The van der Waals surface area contributed by atoms with Crippen molar-refractivity contribution in [1.29, 1.82) is 0 Å². The molecule has 0 aromatic carbocycles. The molecule has 0 aliphatic heterocycles. The van der Waals surface area contributed by atoms with Crippen LogP contribution < -0.4 is 0 Å². The summed E-state index contributed by atoms with van der Waals surface area (Å²) in [5.74, 6) is 0. The molecule has 40 heavy (non-hydrogen) atoms. The Morgan fingerprint density at radius 1 is 0.275 bits per heavy atom. The van der Waals surface area contributed by atoms with Gasteiger partial charge in [-0.25, -0.2) is 0 Å². The molecule has 0 amide bonds. The van der Waals surface area contributed by atoms with Crippen molar-refractivity contribution in [2.45, 2.75) is 231 Å². The van der Waals surface area contributed by atoms with Crippen LogP contribution in [0.1, 0.15) is 193 Å². The maximum atomic E-state index is 9.05. The number of hydrogen-bond donors (Lipinski definition) is 0. The van der Waals surface area contributed by atoms with E-state index < -0.39 is 14.5 Å². The van der Waals surface area contributed by atoms with Crippen molar-refractivity contribution in [1.82, 2.24) is 0 Å². The van der Waals surface area contributed by atoms with Crippen molar-refractivity contribution < 1.29 is 0 Å². The predicted octanol–water partition coefficient (Wildman–Crippen LogP) is 13.0. The molecule has 0 radical (unpaired) electrons. The van der Waals surface area contributed by atoms with Crippen molar-refractivity contribution in [3.8, 4) is 0 Å². The van der Waals surface area contributed by atoms with Gasteiger partial charge < -0.3 is 0 Å². The zero-order valence-corrected chi connectivity index (χ0v) is 29.4. The van der Waals surface area contributed by atoms with Gasteiger partial charge in [-0.2, -0.15) is 0 Å². The first-order chi connectivity index (χ1) is 19.8. The molecule has 0 unspecified atom stereocenters. The van der Waals surface area contributed by atoms with Gasteiger partial charge in [-0.15, -0.1) is 0 Å². The van der Waals surface area contributed by atoms with Crippen LogP contribution in [0.5, 0.6) is 0 Å². The molecular formula is C37H69ClP2. The van der Waals surface area contributed by atoms with E-state index in [1.807, 2.05) is 0 Å². The Balaban J connectivity index is 1.54. The molecule has 3 heteroatoms. The molecule has 0 heterocycles. The van der Waals surface area contributed by atoms with Gasteiger partial charge in [0.25, 0.3) is 0 Å². The van der Waals surface area contributed by atoms with Crippen LogP contribution in [0.4, 0.5) is 0 Å². The quantitative estimate of drug-likeness (QED) is 0.189. The summed E-state index contributed by atoms with van der Waals surface area (Å²) in [6.07, 6.45) is 47.0. The molecule has 0 saturated heterocycles. The fourth-order valence-electron chi connectivity index (χ4n) is 13.3. The molecule has 0 spiro atoms. The van der Waals surface area contributed by atoms with E-state index in [9.17, 15) is 0 Å². The van der Waals surface area contributed by atoms with Crippen LogP contribution in [-0.2, 0) is 0 Å². The first kappa shape index (κ1) is 31.1. The van der Waals surface area contributed by atoms with Crippen molar-refractivity contribution in [2.75, 3.05) is 0 Å². The molecule has 0 atom stereocenters. The second kappa shape index (κ2) is 15.0. The molecule has 0 aromatic heterocycles. The van der Waals surface area contributed by atoms with Gasteiger partial charge in [0.1, 0.15) is 0 Å². The van der Waals surface area contributed by atoms with Gasteiger partial charge in [0.05, 0.1) is 0 Å². The van der Waals surface area contributed by atoms with Gasteiger partial charge in [-0.3, -0.25) is 0 Å². The first-order valence-corrected chi connectivity index (χ1v) is 24.5. The molecule has 6 rings (SSSR count).